The van der Waals surface area contributed by atoms with E-state index in [1.807, 2.05) is 0 Å². The number of nitrogens with one attached hydrogen (secondary N) is 1. The molecule has 1 aromatic heterocycles. The highest BCUT2D eigenvalue weighted by molar-refractivity contribution is 7.54. The summed E-state index contributed by atoms with van der Waals surface area (Å²) >= 11 is 0. The molecule has 2 heterocycles. The number of rotatable bonds is 9. The van der Waals surface area contributed by atoms with Gasteiger partial charge in [0.15, 0.2) is 0 Å². The number of carbonyl (C=O) groups is 1. The molecule has 1 unspecified atom stereocenters. The van der Waals surface area contributed by atoms with E-state index in [1.165, 1.54) is 16.8 Å². The summed E-state index contributed by atoms with van der Waals surface area (Å²) in [5, 5.41) is 11.0. The number of ether oxygens (including phenoxy) is 2. The molecule has 1 aliphatic carbocycles. The van der Waals surface area contributed by atoms with Crippen LogP contribution in [0.3, 0.4) is 0 Å². The van der Waals surface area contributed by atoms with E-state index in [9.17, 15) is 24.1 Å². The van der Waals surface area contributed by atoms with Crippen molar-refractivity contribution in [2.24, 2.45) is 11.3 Å². The van der Waals surface area contributed by atoms with Crippen molar-refractivity contribution in [2.75, 3.05) is 12.8 Å². The van der Waals surface area contributed by atoms with Crippen LogP contribution >= 0.6 is 7.60 Å². The number of para-hydroxylation sites is 1. The second-order valence-corrected chi connectivity index (χ2v) is 12.7. The third-order valence-corrected chi connectivity index (χ3v) is 8.42. The first-order valence-electron chi connectivity index (χ1n) is 12.2. The number of H-pyrrole nitrogens is 1. The molecule has 12 heteroatoms. The lowest BCUT2D eigenvalue weighted by Crippen LogP contribution is -2.35. The van der Waals surface area contributed by atoms with Gasteiger partial charge in [-0.3, -0.25) is 23.7 Å². The Balaban J connectivity index is 1.51. The number of nitrogens with zero attached hydrogens (tertiary/aromatic N) is 1. The van der Waals surface area contributed by atoms with Crippen LogP contribution in [0, 0.1) is 11.3 Å². The number of hydrogen-bond donors (Lipinski definition) is 2. The zero-order valence-corrected chi connectivity index (χ0v) is 22.2. The maximum absolute atomic E-state index is 13.9. The first-order chi connectivity index (χ1) is 17.3. The number of aliphatic hydroxyl groups is 1. The van der Waals surface area contributed by atoms with Gasteiger partial charge in [-0.25, -0.2) is 9.36 Å². The first-order valence-corrected chi connectivity index (χ1v) is 13.9. The second kappa shape index (κ2) is 10.2. The Morgan fingerprint density at radius 1 is 1.24 bits per heavy atom. The lowest BCUT2D eigenvalue weighted by molar-refractivity contribution is -0.158. The Kier molecular flexibility index (Phi) is 7.54. The van der Waals surface area contributed by atoms with Crippen molar-refractivity contribution in [3.05, 3.63) is 63.4 Å². The maximum atomic E-state index is 13.9. The fourth-order valence-corrected chi connectivity index (χ4v) is 6.29. The van der Waals surface area contributed by atoms with Gasteiger partial charge in [0.05, 0.1) is 24.8 Å². The summed E-state index contributed by atoms with van der Waals surface area (Å²) in [4.78, 5) is 38.6. The molecule has 11 nitrogen and oxygen atoms in total. The van der Waals surface area contributed by atoms with Gasteiger partial charge >= 0.3 is 19.3 Å². The van der Waals surface area contributed by atoms with Crippen molar-refractivity contribution in [3.63, 3.8) is 0 Å². The van der Waals surface area contributed by atoms with Crippen molar-refractivity contribution < 1.29 is 33.0 Å². The molecule has 0 radical (unpaired) electrons. The van der Waals surface area contributed by atoms with Gasteiger partial charge in [0.25, 0.3) is 5.56 Å². The molecule has 1 aliphatic heterocycles. The molecular weight excluding hydrogens is 503 g/mol. The minimum atomic E-state index is -3.93. The fraction of sp³-hybridized carbons (Fsp3) is 0.560. The summed E-state index contributed by atoms with van der Waals surface area (Å²) in [5.74, 6) is -1.04. The third kappa shape index (κ3) is 6.23. The summed E-state index contributed by atoms with van der Waals surface area (Å²) in [6.07, 6.45) is -0.471. The van der Waals surface area contributed by atoms with E-state index in [0.717, 1.165) is 0 Å². The summed E-state index contributed by atoms with van der Waals surface area (Å²) in [6.45, 7) is 6.50. The topological polar surface area (TPSA) is 146 Å². The van der Waals surface area contributed by atoms with Gasteiger partial charge in [-0.05, 0) is 45.7 Å². The molecule has 1 saturated carbocycles. The number of aromatic nitrogens is 2. The quantitative estimate of drug-likeness (QED) is 0.365. The van der Waals surface area contributed by atoms with E-state index in [1.54, 1.807) is 58.0 Å². The van der Waals surface area contributed by atoms with E-state index in [0.29, 0.717) is 18.6 Å². The zero-order chi connectivity index (χ0) is 27.0. The highest BCUT2D eigenvalue weighted by Crippen LogP contribution is 2.62. The molecule has 2 N–H and O–H groups in total. The van der Waals surface area contributed by atoms with Crippen molar-refractivity contribution in [1.29, 1.82) is 0 Å². The predicted molar refractivity (Wildman–Crippen MR) is 133 cm³/mol. The molecule has 1 aromatic carbocycles. The normalized spacial score (nSPS) is 24.8. The molecule has 1 spiro atoms. The number of aliphatic hydroxyl groups excluding tert-OH is 1. The molecule has 202 valence electrons. The second-order valence-electron chi connectivity index (χ2n) is 10.7. The summed E-state index contributed by atoms with van der Waals surface area (Å²) < 4.78 is 38.1. The minimum Gasteiger partial charge on any atom is -0.460 e. The summed E-state index contributed by atoms with van der Waals surface area (Å²) in [5.41, 5.74) is -2.63. The number of hydrogen-bond acceptors (Lipinski definition) is 9. The average Bonchev–Trinajstić information content (AvgIpc) is 3.56. The average molecular weight is 537 g/mol. The Labute approximate surface area is 214 Å². The van der Waals surface area contributed by atoms with Crippen LogP contribution < -0.4 is 15.8 Å². The summed E-state index contributed by atoms with van der Waals surface area (Å²) in [7, 11) is -3.93. The van der Waals surface area contributed by atoms with Crippen LogP contribution in [0.2, 0.25) is 0 Å². The smallest absolute Gasteiger partial charge is 0.380 e. The number of esters is 1. The van der Waals surface area contributed by atoms with Crippen molar-refractivity contribution >= 4 is 13.6 Å². The Bertz CT molecular complexity index is 1280. The third-order valence-electron chi connectivity index (χ3n) is 6.40. The van der Waals surface area contributed by atoms with Gasteiger partial charge in [0, 0.05) is 17.7 Å². The van der Waals surface area contributed by atoms with Gasteiger partial charge < -0.3 is 19.1 Å². The van der Waals surface area contributed by atoms with Crippen LogP contribution in [0.1, 0.15) is 46.8 Å². The zero-order valence-electron chi connectivity index (χ0n) is 21.3. The van der Waals surface area contributed by atoms with Crippen LogP contribution in [0.15, 0.2) is 52.2 Å². The predicted octanol–water partition coefficient (Wildman–Crippen LogP) is 2.84. The van der Waals surface area contributed by atoms with Gasteiger partial charge in [0.2, 0.25) is 0 Å². The van der Waals surface area contributed by atoms with Crippen LogP contribution in [0.25, 0.3) is 0 Å². The van der Waals surface area contributed by atoms with Crippen molar-refractivity contribution in [1.82, 2.24) is 9.55 Å². The maximum Gasteiger partial charge on any atom is 0.380 e. The molecule has 4 rings (SSSR count). The molecule has 2 aliphatic rings. The summed E-state index contributed by atoms with van der Waals surface area (Å²) in [6, 6.07) is 9.64. The largest absolute Gasteiger partial charge is 0.460 e. The van der Waals surface area contributed by atoms with E-state index < -0.39 is 60.2 Å². The molecule has 0 bridgehead atoms. The van der Waals surface area contributed by atoms with Crippen LogP contribution in [-0.4, -0.2) is 51.2 Å². The van der Waals surface area contributed by atoms with Gasteiger partial charge in [-0.1, -0.05) is 25.1 Å². The lowest BCUT2D eigenvalue weighted by Gasteiger charge is -2.26. The molecule has 37 heavy (non-hydrogen) atoms. The minimum absolute atomic E-state index is 0.256. The van der Waals surface area contributed by atoms with Gasteiger partial charge in [-0.2, -0.15) is 0 Å². The monoisotopic (exact) mass is 536 g/mol. The van der Waals surface area contributed by atoms with Crippen LogP contribution in [0.5, 0.6) is 5.75 Å². The highest BCUT2D eigenvalue weighted by Gasteiger charge is 2.64. The molecule has 1 saturated heterocycles. The van der Waals surface area contributed by atoms with Gasteiger partial charge in [0.1, 0.15) is 23.7 Å². The first kappa shape index (κ1) is 27.3. The Morgan fingerprint density at radius 2 is 1.92 bits per heavy atom. The Morgan fingerprint density at radius 3 is 2.51 bits per heavy atom. The van der Waals surface area contributed by atoms with E-state index in [4.69, 9.17) is 18.5 Å². The van der Waals surface area contributed by atoms with Crippen molar-refractivity contribution in [2.45, 2.75) is 64.6 Å². The Hall–Kier alpha value is -2.72. The number of carbonyl (C=O) groups excluding carboxylic acids is 1. The molecule has 2 fully saturated rings. The van der Waals surface area contributed by atoms with Crippen LogP contribution in [-0.2, 0) is 23.4 Å². The molecular formula is C25H33N2O9P. The molecule has 0 amide bonds. The van der Waals surface area contributed by atoms with Crippen molar-refractivity contribution in [3.8, 4) is 5.75 Å². The van der Waals surface area contributed by atoms with E-state index >= 15 is 0 Å². The fourth-order valence-electron chi connectivity index (χ4n) is 4.42. The standard InChI is InChI=1S/C25H33N2O9P/c1-16(21(30)35-24(2,3)4)15-37(32,36-17-8-6-5-7-9-17)33-14-18-20(29)25(11-12-25)22(34-18)27-13-10-19(28)26-23(27)31/h5-10,13,16,18,20,22,29H,11-12,14-15H2,1-4H3,(H,26,28,31)/t16-,18-,20-,22-,37?/m1/s1. The van der Waals surface area contributed by atoms with Crippen LogP contribution in [0.4, 0.5) is 0 Å². The SMILES string of the molecule is C[C@H](CP(=O)(OC[C@H]1O[C@@H](n2ccc(=O)[nH]c2=O)C2(CC2)[C@@H]1O)Oc1ccccc1)C(=O)OC(C)(C)C. The molecule has 2 aromatic rings. The van der Waals surface area contributed by atoms with Gasteiger partial charge in [-0.15, -0.1) is 0 Å². The number of benzene rings is 1. The van der Waals surface area contributed by atoms with E-state index in [-0.39, 0.29) is 12.8 Å². The number of aromatic amines is 1. The molecule has 5 atom stereocenters. The van der Waals surface area contributed by atoms with E-state index in [2.05, 4.69) is 4.98 Å². The highest BCUT2D eigenvalue weighted by atomic mass is 31.2. The lowest BCUT2D eigenvalue weighted by atomic mass is 9.96.